The summed E-state index contributed by atoms with van der Waals surface area (Å²) in [6.45, 7) is 16.9. The summed E-state index contributed by atoms with van der Waals surface area (Å²) < 4.78 is 0. The van der Waals surface area contributed by atoms with E-state index in [1.54, 1.807) is 6.08 Å². The Balaban J connectivity index is 2.73. The van der Waals surface area contributed by atoms with Crippen LogP contribution < -0.4 is 5.32 Å². The highest BCUT2D eigenvalue weighted by molar-refractivity contribution is 5.89. The van der Waals surface area contributed by atoms with E-state index < -0.39 is 0 Å². The summed E-state index contributed by atoms with van der Waals surface area (Å²) in [6, 6.07) is 0. The van der Waals surface area contributed by atoms with Crippen LogP contribution in [0.5, 0.6) is 0 Å². The summed E-state index contributed by atoms with van der Waals surface area (Å²) in [6.07, 6.45) is 15.9. The molecule has 1 aliphatic rings. The van der Waals surface area contributed by atoms with Crippen molar-refractivity contribution < 1.29 is 4.79 Å². The molecule has 0 aliphatic heterocycles. The zero-order valence-electron chi connectivity index (χ0n) is 18.0. The fraction of sp³-hybridized carbons (Fsp3) is 0.542. The van der Waals surface area contributed by atoms with E-state index in [2.05, 4.69) is 51.2 Å². The number of hydrogen-bond acceptors (Lipinski definition) is 1. The molecule has 2 nitrogen and oxygen atoms in total. The van der Waals surface area contributed by atoms with Crippen LogP contribution in [0.4, 0.5) is 0 Å². The molecule has 1 aliphatic carbocycles. The summed E-state index contributed by atoms with van der Waals surface area (Å²) >= 11 is 0. The van der Waals surface area contributed by atoms with Crippen molar-refractivity contribution >= 4 is 5.91 Å². The van der Waals surface area contributed by atoms with Crippen molar-refractivity contribution in [1.29, 1.82) is 0 Å². The molecule has 0 radical (unpaired) electrons. The first-order valence-corrected chi connectivity index (χ1v) is 9.64. The second kappa shape index (κ2) is 9.21. The molecule has 1 amide bonds. The number of hydrogen-bond donors (Lipinski definition) is 1. The van der Waals surface area contributed by atoms with Gasteiger partial charge in [-0.1, -0.05) is 55.4 Å². The molecule has 0 aromatic rings. The highest BCUT2D eigenvalue weighted by Crippen LogP contribution is 2.40. The van der Waals surface area contributed by atoms with Crippen LogP contribution in [0.2, 0.25) is 0 Å². The van der Waals surface area contributed by atoms with Crippen LogP contribution in [0, 0.1) is 5.41 Å². The van der Waals surface area contributed by atoms with Crippen molar-refractivity contribution in [2.75, 3.05) is 0 Å². The minimum Gasteiger partial charge on any atom is -0.348 e. The lowest BCUT2D eigenvalue weighted by atomic mass is 9.72. The Morgan fingerprint density at radius 1 is 1.12 bits per heavy atom. The van der Waals surface area contributed by atoms with Gasteiger partial charge in [-0.15, -0.1) is 0 Å². The van der Waals surface area contributed by atoms with Crippen molar-refractivity contribution in [3.63, 3.8) is 0 Å². The van der Waals surface area contributed by atoms with Gasteiger partial charge in [0.1, 0.15) is 0 Å². The zero-order valence-corrected chi connectivity index (χ0v) is 18.0. The smallest absolute Gasteiger partial charge is 0.244 e. The summed E-state index contributed by atoms with van der Waals surface area (Å²) in [5.74, 6) is -0.0535. The van der Waals surface area contributed by atoms with Crippen molar-refractivity contribution in [3.05, 3.63) is 58.7 Å². The molecule has 0 saturated heterocycles. The number of carbonyl (C=O) groups excluding carboxylic acids is 1. The first kappa shape index (κ1) is 22.2. The van der Waals surface area contributed by atoms with Crippen LogP contribution in [0.3, 0.4) is 0 Å². The molecule has 0 aromatic heterocycles. The molecule has 0 spiro atoms. The van der Waals surface area contributed by atoms with E-state index in [0.29, 0.717) is 0 Å². The van der Waals surface area contributed by atoms with Gasteiger partial charge in [-0.05, 0) is 77.4 Å². The summed E-state index contributed by atoms with van der Waals surface area (Å²) in [5, 5.41) is 2.94. The number of allylic oxidation sites excluding steroid dienone is 9. The van der Waals surface area contributed by atoms with Crippen LogP contribution in [0.15, 0.2) is 58.7 Å². The molecule has 0 bridgehead atoms. The monoisotopic (exact) mass is 355 g/mol. The maximum atomic E-state index is 11.9. The van der Waals surface area contributed by atoms with Gasteiger partial charge in [-0.25, -0.2) is 0 Å². The SMILES string of the molecule is CC1=C(/C=C/C(C)=C/C=C/C(C)=C\C(=O)NC(C)(C)C)C(C)(C)CCC1. The molecule has 0 atom stereocenters. The zero-order chi connectivity index (χ0) is 20.0. The topological polar surface area (TPSA) is 29.1 Å². The molecule has 1 rings (SSSR count). The van der Waals surface area contributed by atoms with E-state index in [1.807, 2.05) is 39.8 Å². The van der Waals surface area contributed by atoms with Gasteiger partial charge in [-0.2, -0.15) is 0 Å². The quantitative estimate of drug-likeness (QED) is 0.446. The maximum Gasteiger partial charge on any atom is 0.244 e. The lowest BCUT2D eigenvalue weighted by Gasteiger charge is -2.32. The minimum atomic E-state index is -0.210. The highest BCUT2D eigenvalue weighted by Gasteiger charge is 2.26. The first-order chi connectivity index (χ1) is 11.9. The van der Waals surface area contributed by atoms with Crippen molar-refractivity contribution in [2.24, 2.45) is 5.41 Å². The van der Waals surface area contributed by atoms with E-state index in [9.17, 15) is 4.79 Å². The number of rotatable bonds is 5. The normalized spacial score (nSPS) is 19.5. The highest BCUT2D eigenvalue weighted by atomic mass is 16.1. The predicted molar refractivity (Wildman–Crippen MR) is 114 cm³/mol. The van der Waals surface area contributed by atoms with Gasteiger partial charge in [0.15, 0.2) is 0 Å². The molecular weight excluding hydrogens is 318 g/mol. The van der Waals surface area contributed by atoms with Gasteiger partial charge in [0.25, 0.3) is 0 Å². The van der Waals surface area contributed by atoms with Gasteiger partial charge in [0, 0.05) is 11.6 Å². The Bertz CT molecular complexity index is 661. The van der Waals surface area contributed by atoms with Crippen LogP contribution in [-0.2, 0) is 4.79 Å². The van der Waals surface area contributed by atoms with Gasteiger partial charge in [0.05, 0.1) is 0 Å². The average Bonchev–Trinajstić information content (AvgIpc) is 2.43. The third-order valence-corrected chi connectivity index (χ3v) is 4.63. The molecule has 0 aromatic carbocycles. The van der Waals surface area contributed by atoms with E-state index in [-0.39, 0.29) is 16.9 Å². The number of nitrogens with one attached hydrogen (secondary N) is 1. The van der Waals surface area contributed by atoms with Crippen LogP contribution in [0.25, 0.3) is 0 Å². The molecule has 1 N–H and O–H groups in total. The fourth-order valence-electron chi connectivity index (χ4n) is 3.29. The third kappa shape index (κ3) is 8.03. The van der Waals surface area contributed by atoms with Crippen LogP contribution in [-0.4, -0.2) is 11.4 Å². The van der Waals surface area contributed by atoms with Gasteiger partial charge < -0.3 is 5.32 Å². The minimum absolute atomic E-state index is 0.0535. The van der Waals surface area contributed by atoms with Crippen molar-refractivity contribution in [1.82, 2.24) is 5.32 Å². The van der Waals surface area contributed by atoms with Gasteiger partial charge in [0.2, 0.25) is 5.91 Å². The van der Waals surface area contributed by atoms with Crippen LogP contribution >= 0.6 is 0 Å². The average molecular weight is 356 g/mol. The Morgan fingerprint density at radius 3 is 2.35 bits per heavy atom. The second-order valence-electron chi connectivity index (χ2n) is 9.16. The van der Waals surface area contributed by atoms with E-state index >= 15 is 0 Å². The molecular formula is C24H37NO. The lowest BCUT2D eigenvalue weighted by molar-refractivity contribution is -0.117. The fourth-order valence-corrected chi connectivity index (χ4v) is 3.29. The lowest BCUT2D eigenvalue weighted by Crippen LogP contribution is -2.39. The molecule has 0 fully saturated rings. The van der Waals surface area contributed by atoms with Crippen LogP contribution in [0.1, 0.15) is 74.7 Å². The molecule has 0 heterocycles. The molecule has 2 heteroatoms. The summed E-state index contributed by atoms with van der Waals surface area (Å²) in [4.78, 5) is 11.9. The van der Waals surface area contributed by atoms with E-state index in [4.69, 9.17) is 0 Å². The Kier molecular flexibility index (Phi) is 7.87. The van der Waals surface area contributed by atoms with Crippen molar-refractivity contribution in [2.45, 2.75) is 80.2 Å². The Morgan fingerprint density at radius 2 is 1.77 bits per heavy atom. The second-order valence-corrected chi connectivity index (χ2v) is 9.16. The first-order valence-electron chi connectivity index (χ1n) is 9.64. The van der Waals surface area contributed by atoms with Gasteiger partial charge >= 0.3 is 0 Å². The molecule has 0 saturated carbocycles. The molecule has 26 heavy (non-hydrogen) atoms. The van der Waals surface area contributed by atoms with E-state index in [1.165, 1.54) is 36.0 Å². The van der Waals surface area contributed by atoms with Gasteiger partial charge in [-0.3, -0.25) is 4.79 Å². The number of amides is 1. The summed E-state index contributed by atoms with van der Waals surface area (Å²) in [5.41, 5.74) is 5.20. The Hall–Kier alpha value is -1.83. The third-order valence-electron chi connectivity index (χ3n) is 4.63. The van der Waals surface area contributed by atoms with Crippen molar-refractivity contribution in [3.8, 4) is 0 Å². The summed E-state index contributed by atoms with van der Waals surface area (Å²) in [7, 11) is 0. The standard InChI is InChI=1S/C24H37NO/c1-18(14-15-21-20(3)13-10-16-24(21,7)8)11-9-12-19(2)17-22(26)25-23(4,5)6/h9,11-12,14-15,17H,10,13,16H2,1-8H3,(H,25,26)/b12-9+,15-14+,18-11+,19-17-. The van der Waals surface area contributed by atoms with E-state index in [0.717, 1.165) is 5.57 Å². The predicted octanol–water partition coefficient (Wildman–Crippen LogP) is 6.43. The Labute approximate surface area is 160 Å². The molecule has 0 unspecified atom stereocenters. The molecule has 144 valence electrons. The maximum absolute atomic E-state index is 11.9. The largest absolute Gasteiger partial charge is 0.348 e. The number of carbonyl (C=O) groups is 1.